The van der Waals surface area contributed by atoms with Gasteiger partial charge in [-0.3, -0.25) is 4.98 Å². The maximum absolute atomic E-state index is 12.1. The number of hydrogen-bond acceptors (Lipinski definition) is 4. The van der Waals surface area contributed by atoms with Crippen LogP contribution in [0.1, 0.15) is 17.0 Å². The minimum absolute atomic E-state index is 0.0457. The highest BCUT2D eigenvalue weighted by atomic mass is 19.4. The van der Waals surface area contributed by atoms with E-state index < -0.39 is 12.1 Å². The maximum atomic E-state index is 12.1. The van der Waals surface area contributed by atoms with Crippen molar-refractivity contribution in [3.8, 4) is 5.75 Å². The van der Waals surface area contributed by atoms with Gasteiger partial charge >= 0.3 is 6.36 Å². The minimum Gasteiger partial charge on any atom is -0.403 e. The highest BCUT2D eigenvalue weighted by Crippen LogP contribution is 2.29. The number of aliphatic hydroxyl groups excluding tert-OH is 1. The molecule has 0 fully saturated rings. The van der Waals surface area contributed by atoms with Crippen LogP contribution in [0.25, 0.3) is 0 Å². The van der Waals surface area contributed by atoms with Gasteiger partial charge in [-0.2, -0.15) is 0 Å². The number of alkyl halides is 3. The van der Waals surface area contributed by atoms with Gasteiger partial charge in [-0.15, -0.1) is 13.2 Å². The number of aliphatic hydroxyl groups is 1. The van der Waals surface area contributed by atoms with E-state index in [1.165, 1.54) is 13.0 Å². The third-order valence-corrected chi connectivity index (χ3v) is 1.87. The van der Waals surface area contributed by atoms with Crippen molar-refractivity contribution in [2.75, 3.05) is 0 Å². The lowest BCUT2D eigenvalue weighted by molar-refractivity contribution is -0.275. The van der Waals surface area contributed by atoms with E-state index in [0.29, 0.717) is 0 Å². The third kappa shape index (κ3) is 3.07. The molecule has 0 unspecified atom stereocenters. The van der Waals surface area contributed by atoms with Crippen LogP contribution in [0.4, 0.5) is 13.2 Å². The number of aryl methyl sites for hydroxylation is 1. The zero-order chi connectivity index (χ0) is 12.3. The molecule has 0 radical (unpaired) electrons. The van der Waals surface area contributed by atoms with E-state index in [1.54, 1.807) is 0 Å². The van der Waals surface area contributed by atoms with E-state index in [4.69, 9.17) is 10.8 Å². The van der Waals surface area contributed by atoms with E-state index in [9.17, 15) is 13.2 Å². The van der Waals surface area contributed by atoms with Crippen molar-refractivity contribution in [2.45, 2.75) is 26.4 Å². The molecule has 0 atom stereocenters. The van der Waals surface area contributed by atoms with Crippen molar-refractivity contribution in [3.05, 3.63) is 23.0 Å². The van der Waals surface area contributed by atoms with Gasteiger partial charge in [-0.05, 0) is 13.0 Å². The zero-order valence-corrected chi connectivity index (χ0v) is 8.51. The van der Waals surface area contributed by atoms with Crippen molar-refractivity contribution in [1.29, 1.82) is 0 Å². The highest BCUT2D eigenvalue weighted by Gasteiger charge is 2.33. The Bertz CT molecular complexity index is 380. The molecule has 0 saturated heterocycles. The van der Waals surface area contributed by atoms with Crippen LogP contribution in [-0.2, 0) is 13.2 Å². The second kappa shape index (κ2) is 4.67. The monoisotopic (exact) mass is 236 g/mol. The summed E-state index contributed by atoms with van der Waals surface area (Å²) < 4.78 is 40.1. The number of nitrogens with two attached hydrogens (primary N) is 1. The summed E-state index contributed by atoms with van der Waals surface area (Å²) in [5.74, 6) is -0.396. The molecular formula is C9H11F3N2O2. The first-order valence-corrected chi connectivity index (χ1v) is 4.43. The maximum Gasteiger partial charge on any atom is 0.573 e. The number of nitrogens with zero attached hydrogens (tertiary/aromatic N) is 1. The Balaban J connectivity index is 3.16. The first-order chi connectivity index (χ1) is 7.37. The van der Waals surface area contributed by atoms with Gasteiger partial charge in [0.1, 0.15) is 0 Å². The van der Waals surface area contributed by atoms with Crippen LogP contribution >= 0.6 is 0 Å². The lowest BCUT2D eigenvalue weighted by atomic mass is 10.1. The zero-order valence-electron chi connectivity index (χ0n) is 8.51. The van der Waals surface area contributed by atoms with Crippen molar-refractivity contribution in [3.63, 3.8) is 0 Å². The SMILES string of the molecule is Cc1nc(CO)cc(CN)c1OC(F)(F)F. The molecule has 16 heavy (non-hydrogen) atoms. The van der Waals surface area contributed by atoms with E-state index in [1.807, 2.05) is 0 Å². The Morgan fingerprint density at radius 3 is 2.56 bits per heavy atom. The fourth-order valence-electron chi connectivity index (χ4n) is 1.29. The first kappa shape index (κ1) is 12.7. The third-order valence-electron chi connectivity index (χ3n) is 1.87. The van der Waals surface area contributed by atoms with Crippen LogP contribution in [0.3, 0.4) is 0 Å². The van der Waals surface area contributed by atoms with Crippen LogP contribution < -0.4 is 10.5 Å². The molecule has 0 aromatic carbocycles. The van der Waals surface area contributed by atoms with E-state index >= 15 is 0 Å². The van der Waals surface area contributed by atoms with Crippen molar-refractivity contribution < 1.29 is 23.0 Å². The predicted molar refractivity (Wildman–Crippen MR) is 49.5 cm³/mol. The summed E-state index contributed by atoms with van der Waals surface area (Å²) in [4.78, 5) is 3.75. The van der Waals surface area contributed by atoms with E-state index in [-0.39, 0.29) is 30.1 Å². The Hall–Kier alpha value is -1.34. The molecular weight excluding hydrogens is 225 g/mol. The molecule has 1 aromatic heterocycles. The molecule has 1 rings (SSSR count). The standard InChI is InChI=1S/C9H11F3N2O2/c1-5-8(16-9(10,11)12)6(3-13)2-7(4-15)14-5/h2,15H,3-4,13H2,1H3. The summed E-state index contributed by atoms with van der Waals surface area (Å²) in [5, 5.41) is 8.84. The summed E-state index contributed by atoms with van der Waals surface area (Å²) in [6, 6.07) is 1.29. The van der Waals surface area contributed by atoms with Crippen LogP contribution in [0, 0.1) is 6.92 Å². The number of aromatic nitrogens is 1. The minimum atomic E-state index is -4.78. The molecule has 0 bridgehead atoms. The molecule has 7 heteroatoms. The molecule has 1 aromatic rings. The number of ether oxygens (including phenoxy) is 1. The molecule has 4 nitrogen and oxygen atoms in total. The molecule has 0 saturated carbocycles. The van der Waals surface area contributed by atoms with Gasteiger partial charge in [-0.25, -0.2) is 0 Å². The average Bonchev–Trinajstić information content (AvgIpc) is 2.19. The Morgan fingerprint density at radius 2 is 2.12 bits per heavy atom. The molecule has 0 spiro atoms. The Morgan fingerprint density at radius 1 is 1.50 bits per heavy atom. The Kier molecular flexibility index (Phi) is 3.71. The molecule has 1 heterocycles. The topological polar surface area (TPSA) is 68.4 Å². The Labute approximate surface area is 89.9 Å². The lowest BCUT2D eigenvalue weighted by Gasteiger charge is -2.15. The summed E-state index contributed by atoms with van der Waals surface area (Å²) in [5.41, 5.74) is 5.77. The first-order valence-electron chi connectivity index (χ1n) is 4.43. The van der Waals surface area contributed by atoms with Gasteiger partial charge < -0.3 is 15.6 Å². The second-order valence-electron chi connectivity index (χ2n) is 3.10. The van der Waals surface area contributed by atoms with Crippen LogP contribution in [0.5, 0.6) is 5.75 Å². The summed E-state index contributed by atoms with van der Waals surface area (Å²) in [6.07, 6.45) is -4.78. The molecule has 3 N–H and O–H groups in total. The molecule has 0 aliphatic rings. The quantitative estimate of drug-likeness (QED) is 0.828. The van der Waals surface area contributed by atoms with Crippen LogP contribution in [0.15, 0.2) is 6.07 Å². The van der Waals surface area contributed by atoms with Crippen molar-refractivity contribution in [2.24, 2.45) is 5.73 Å². The highest BCUT2D eigenvalue weighted by molar-refractivity contribution is 5.38. The van der Waals surface area contributed by atoms with Gasteiger partial charge in [0.15, 0.2) is 5.75 Å². The van der Waals surface area contributed by atoms with Crippen molar-refractivity contribution >= 4 is 0 Å². The van der Waals surface area contributed by atoms with Gasteiger partial charge in [0.2, 0.25) is 0 Å². The van der Waals surface area contributed by atoms with Crippen LogP contribution in [0.2, 0.25) is 0 Å². The summed E-state index contributed by atoms with van der Waals surface area (Å²) in [6.45, 7) is 0.876. The summed E-state index contributed by atoms with van der Waals surface area (Å²) in [7, 11) is 0. The largest absolute Gasteiger partial charge is 0.573 e. The van der Waals surface area contributed by atoms with E-state index in [0.717, 1.165) is 0 Å². The van der Waals surface area contributed by atoms with Gasteiger partial charge in [-0.1, -0.05) is 0 Å². The predicted octanol–water partition coefficient (Wildman–Crippen LogP) is 1.24. The molecule has 0 aliphatic carbocycles. The van der Waals surface area contributed by atoms with Gasteiger partial charge in [0.05, 0.1) is 18.0 Å². The van der Waals surface area contributed by atoms with Crippen molar-refractivity contribution in [1.82, 2.24) is 4.98 Å². The average molecular weight is 236 g/mol. The summed E-state index contributed by atoms with van der Waals surface area (Å²) >= 11 is 0. The van der Waals surface area contributed by atoms with Crippen LogP contribution in [-0.4, -0.2) is 16.5 Å². The molecule has 0 aliphatic heterocycles. The number of halogens is 3. The molecule has 0 amide bonds. The lowest BCUT2D eigenvalue weighted by Crippen LogP contribution is -2.20. The van der Waals surface area contributed by atoms with Gasteiger partial charge in [0, 0.05) is 12.1 Å². The fraction of sp³-hybridized carbons (Fsp3) is 0.444. The second-order valence-corrected chi connectivity index (χ2v) is 3.10. The number of pyridine rings is 1. The number of rotatable bonds is 3. The van der Waals surface area contributed by atoms with Gasteiger partial charge in [0.25, 0.3) is 0 Å². The smallest absolute Gasteiger partial charge is 0.403 e. The fourth-order valence-corrected chi connectivity index (χ4v) is 1.29. The van der Waals surface area contributed by atoms with E-state index in [2.05, 4.69) is 9.72 Å². The number of hydrogen-bond donors (Lipinski definition) is 2. The molecule has 90 valence electrons. The normalized spacial score (nSPS) is 11.6.